The second-order valence-electron chi connectivity index (χ2n) is 3.24. The molecule has 3 nitrogen and oxygen atoms in total. The fourth-order valence-corrected chi connectivity index (χ4v) is 1.43. The molecule has 0 atom stereocenters. The lowest BCUT2D eigenvalue weighted by Gasteiger charge is -2.17. The van der Waals surface area contributed by atoms with E-state index < -0.39 is 0 Å². The Morgan fingerprint density at radius 2 is 1.88 bits per heavy atom. The predicted molar refractivity (Wildman–Crippen MR) is 61.5 cm³/mol. The van der Waals surface area contributed by atoms with Crippen LogP contribution in [0.1, 0.15) is 0 Å². The lowest BCUT2D eigenvalue weighted by atomic mass is 10.3. The van der Waals surface area contributed by atoms with Gasteiger partial charge in [-0.2, -0.15) is 0 Å². The molecule has 82 valence electrons. The van der Waals surface area contributed by atoms with Gasteiger partial charge in [0.1, 0.15) is 11.0 Å². The van der Waals surface area contributed by atoms with Crippen LogP contribution in [0.2, 0.25) is 5.15 Å². The average molecular weight is 238 g/mol. The molecule has 0 aliphatic rings. The molecule has 0 fully saturated rings. The third kappa shape index (κ3) is 2.28. The van der Waals surface area contributed by atoms with Crippen molar-refractivity contribution in [3.8, 4) is 0 Å². The Morgan fingerprint density at radius 3 is 2.50 bits per heavy atom. The van der Waals surface area contributed by atoms with Crippen LogP contribution in [0.4, 0.5) is 15.9 Å². The van der Waals surface area contributed by atoms with E-state index >= 15 is 0 Å². The summed E-state index contributed by atoms with van der Waals surface area (Å²) in [4.78, 5) is 9.82. The Bertz CT molecular complexity index is 487. The van der Waals surface area contributed by atoms with Crippen LogP contribution in [0, 0.1) is 5.82 Å². The van der Waals surface area contributed by atoms with Crippen molar-refractivity contribution in [2.24, 2.45) is 0 Å². The number of benzene rings is 1. The van der Waals surface area contributed by atoms with Crippen molar-refractivity contribution in [1.82, 2.24) is 9.97 Å². The molecule has 16 heavy (non-hydrogen) atoms. The molecule has 1 heterocycles. The van der Waals surface area contributed by atoms with Crippen LogP contribution < -0.4 is 4.90 Å². The van der Waals surface area contributed by atoms with Crippen LogP contribution >= 0.6 is 11.6 Å². The van der Waals surface area contributed by atoms with Crippen LogP contribution in [-0.4, -0.2) is 17.0 Å². The van der Waals surface area contributed by atoms with Gasteiger partial charge in [-0.25, -0.2) is 9.37 Å². The lowest BCUT2D eigenvalue weighted by molar-refractivity contribution is 0.628. The van der Waals surface area contributed by atoms with Crippen molar-refractivity contribution < 1.29 is 4.39 Å². The van der Waals surface area contributed by atoms with Crippen molar-refractivity contribution >= 4 is 23.1 Å². The van der Waals surface area contributed by atoms with E-state index in [1.165, 1.54) is 18.3 Å². The molecular weight excluding hydrogens is 229 g/mol. The SMILES string of the molecule is CN(c1ccc(F)cc1)c1cncc(Cl)n1. The van der Waals surface area contributed by atoms with Gasteiger partial charge in [-0.3, -0.25) is 4.98 Å². The van der Waals surface area contributed by atoms with Gasteiger partial charge < -0.3 is 4.90 Å². The zero-order chi connectivity index (χ0) is 11.5. The smallest absolute Gasteiger partial charge is 0.153 e. The molecule has 0 N–H and O–H groups in total. The number of rotatable bonds is 2. The van der Waals surface area contributed by atoms with Crippen molar-refractivity contribution in [2.45, 2.75) is 0 Å². The molecule has 0 unspecified atom stereocenters. The second-order valence-corrected chi connectivity index (χ2v) is 3.62. The van der Waals surface area contributed by atoms with Crippen molar-refractivity contribution in [3.63, 3.8) is 0 Å². The Balaban J connectivity index is 2.31. The highest BCUT2D eigenvalue weighted by molar-refractivity contribution is 6.29. The minimum absolute atomic E-state index is 0.269. The number of hydrogen-bond acceptors (Lipinski definition) is 3. The van der Waals surface area contributed by atoms with Crippen LogP contribution in [0.25, 0.3) is 0 Å². The summed E-state index contributed by atoms with van der Waals surface area (Å²) < 4.78 is 12.7. The minimum atomic E-state index is -0.269. The van der Waals surface area contributed by atoms with Gasteiger partial charge in [-0.15, -0.1) is 0 Å². The normalized spacial score (nSPS) is 10.2. The molecule has 1 aromatic heterocycles. The van der Waals surface area contributed by atoms with E-state index in [1.54, 1.807) is 23.2 Å². The van der Waals surface area contributed by atoms with Gasteiger partial charge >= 0.3 is 0 Å². The van der Waals surface area contributed by atoms with E-state index in [-0.39, 0.29) is 5.82 Å². The first kappa shape index (κ1) is 10.8. The van der Waals surface area contributed by atoms with Crippen LogP contribution in [-0.2, 0) is 0 Å². The standard InChI is InChI=1S/C11H9ClFN3/c1-16(9-4-2-8(13)3-5-9)11-7-14-6-10(12)15-11/h2-7H,1H3. The van der Waals surface area contributed by atoms with Crippen molar-refractivity contribution in [1.29, 1.82) is 0 Å². The highest BCUT2D eigenvalue weighted by Crippen LogP contribution is 2.21. The summed E-state index contributed by atoms with van der Waals surface area (Å²) in [6.07, 6.45) is 3.05. The molecular formula is C11H9ClFN3. The largest absolute Gasteiger partial charge is 0.328 e. The highest BCUT2D eigenvalue weighted by Gasteiger charge is 2.06. The topological polar surface area (TPSA) is 29.0 Å². The summed E-state index contributed by atoms with van der Waals surface area (Å²) in [5.41, 5.74) is 0.818. The highest BCUT2D eigenvalue weighted by atomic mass is 35.5. The summed E-state index contributed by atoms with van der Waals surface area (Å²) in [5, 5.41) is 0.325. The van der Waals surface area contributed by atoms with Gasteiger partial charge in [0, 0.05) is 12.7 Å². The van der Waals surface area contributed by atoms with Crippen molar-refractivity contribution in [2.75, 3.05) is 11.9 Å². The molecule has 5 heteroatoms. The van der Waals surface area contributed by atoms with E-state index in [2.05, 4.69) is 9.97 Å². The van der Waals surface area contributed by atoms with Gasteiger partial charge in [-0.05, 0) is 24.3 Å². The van der Waals surface area contributed by atoms with E-state index in [0.717, 1.165) is 5.69 Å². The number of halogens is 2. The zero-order valence-electron chi connectivity index (χ0n) is 8.56. The Hall–Kier alpha value is -1.68. The van der Waals surface area contributed by atoms with E-state index in [1.807, 2.05) is 7.05 Å². The predicted octanol–water partition coefficient (Wildman–Crippen LogP) is 3.04. The van der Waals surface area contributed by atoms with Crippen LogP contribution in [0.5, 0.6) is 0 Å². The van der Waals surface area contributed by atoms with Gasteiger partial charge in [-0.1, -0.05) is 11.6 Å². The van der Waals surface area contributed by atoms with Crippen LogP contribution in [0.3, 0.4) is 0 Å². The van der Waals surface area contributed by atoms with Gasteiger partial charge in [0.25, 0.3) is 0 Å². The maximum Gasteiger partial charge on any atom is 0.153 e. The quantitative estimate of drug-likeness (QED) is 0.804. The fraction of sp³-hybridized carbons (Fsp3) is 0.0909. The maximum atomic E-state index is 12.7. The lowest BCUT2D eigenvalue weighted by Crippen LogP contribution is -2.11. The molecule has 0 saturated heterocycles. The Morgan fingerprint density at radius 1 is 1.19 bits per heavy atom. The molecule has 0 bridgehead atoms. The van der Waals surface area contributed by atoms with Crippen molar-refractivity contribution in [3.05, 3.63) is 47.6 Å². The molecule has 2 rings (SSSR count). The van der Waals surface area contributed by atoms with E-state index in [9.17, 15) is 4.39 Å². The van der Waals surface area contributed by atoms with Gasteiger partial charge in [0.15, 0.2) is 5.82 Å². The van der Waals surface area contributed by atoms with Gasteiger partial charge in [0.05, 0.1) is 12.4 Å². The Kier molecular flexibility index (Phi) is 3.01. The number of anilines is 2. The monoisotopic (exact) mass is 237 g/mol. The molecule has 2 aromatic rings. The van der Waals surface area contributed by atoms with Crippen LogP contribution in [0.15, 0.2) is 36.7 Å². The number of nitrogens with zero attached hydrogens (tertiary/aromatic N) is 3. The fourth-order valence-electron chi connectivity index (χ4n) is 1.29. The number of aromatic nitrogens is 2. The average Bonchev–Trinajstić information content (AvgIpc) is 2.29. The molecule has 0 amide bonds. The Labute approximate surface area is 97.5 Å². The molecule has 1 aromatic carbocycles. The molecule has 0 aliphatic heterocycles. The summed E-state index contributed by atoms with van der Waals surface area (Å²) in [6.45, 7) is 0. The first-order chi connectivity index (χ1) is 7.66. The number of hydrogen-bond donors (Lipinski definition) is 0. The molecule has 0 spiro atoms. The third-order valence-corrected chi connectivity index (χ3v) is 2.33. The molecule has 0 radical (unpaired) electrons. The minimum Gasteiger partial charge on any atom is -0.328 e. The first-order valence-corrected chi connectivity index (χ1v) is 5.01. The zero-order valence-corrected chi connectivity index (χ0v) is 9.32. The second kappa shape index (κ2) is 4.45. The van der Waals surface area contributed by atoms with Gasteiger partial charge in [0.2, 0.25) is 0 Å². The summed E-state index contributed by atoms with van der Waals surface area (Å²) in [5.74, 6) is 0.341. The molecule has 0 saturated carbocycles. The molecule has 0 aliphatic carbocycles. The van der Waals surface area contributed by atoms with E-state index in [0.29, 0.717) is 11.0 Å². The summed E-state index contributed by atoms with van der Waals surface area (Å²) in [7, 11) is 1.81. The summed E-state index contributed by atoms with van der Waals surface area (Å²) >= 11 is 5.74. The summed E-state index contributed by atoms with van der Waals surface area (Å²) in [6, 6.07) is 6.11. The third-order valence-electron chi connectivity index (χ3n) is 2.15. The van der Waals surface area contributed by atoms with E-state index in [4.69, 9.17) is 11.6 Å². The first-order valence-electron chi connectivity index (χ1n) is 4.63. The maximum absolute atomic E-state index is 12.7.